The first-order valence-electron chi connectivity index (χ1n) is 13.2. The third-order valence-corrected chi connectivity index (χ3v) is 8.28. The molecule has 0 heterocycles. The predicted molar refractivity (Wildman–Crippen MR) is 145 cm³/mol. The van der Waals surface area contributed by atoms with Crippen LogP contribution in [0.25, 0.3) is 5.76 Å². The number of carbonyl (C=O) groups excluding carboxylic acids is 3. The average Bonchev–Trinajstić information content (AvgIpc) is 2.84. The lowest BCUT2D eigenvalue weighted by molar-refractivity contribution is -0.153. The number of phenolic OH excluding ortho intramolecular Hbond substituents is 1. The lowest BCUT2D eigenvalue weighted by Crippen LogP contribution is -2.65. The van der Waals surface area contributed by atoms with E-state index in [1.807, 2.05) is 25.1 Å². The molecule has 0 aliphatic heterocycles. The SMILES string of the molecule is CCCCNCc1cc(N(C)C)c2c(c1O)C(O)=C1C(=O)[C@]3(O)C(O)=C(C(N)=O)C(=O)[C@@H](N(C)C)[C@@H]3C[C@@H]1C2. The average molecular weight is 543 g/mol. The van der Waals surface area contributed by atoms with E-state index in [0.29, 0.717) is 17.7 Å². The molecule has 11 nitrogen and oxygen atoms in total. The number of ketones is 2. The molecule has 7 N–H and O–H groups in total. The molecule has 4 atom stereocenters. The van der Waals surface area contributed by atoms with E-state index in [-0.39, 0.29) is 29.7 Å². The number of hydrogen-bond acceptors (Lipinski definition) is 10. The van der Waals surface area contributed by atoms with Gasteiger partial charge in [-0.1, -0.05) is 13.3 Å². The standard InChI is InChI=1S/C28H38N4O7/c1-6-7-8-30-12-14-11-17(31(2)3)15-9-13-10-16-21(32(4)5)24(35)20(27(29)38)26(37)28(16,39)25(36)18(13)23(34)19(15)22(14)33/h11,13,16,21,30,33-34,37,39H,6-10,12H2,1-5H3,(H2,29,38)/t13-,16-,21-,28-/m0/s1. The van der Waals surface area contributed by atoms with Gasteiger partial charge in [0.25, 0.3) is 5.91 Å². The Bertz CT molecular complexity index is 1300. The van der Waals surface area contributed by atoms with Crippen LogP contribution in [0.2, 0.25) is 0 Å². The van der Waals surface area contributed by atoms with E-state index in [4.69, 9.17) is 5.73 Å². The number of hydrogen-bond donors (Lipinski definition) is 6. The number of unbranched alkanes of at least 4 members (excludes halogenated alkanes) is 1. The molecule has 0 radical (unpaired) electrons. The van der Waals surface area contributed by atoms with Gasteiger partial charge in [0.2, 0.25) is 5.78 Å². The Labute approximate surface area is 227 Å². The summed E-state index contributed by atoms with van der Waals surface area (Å²) in [5.41, 5.74) is 3.79. The number of amides is 1. The summed E-state index contributed by atoms with van der Waals surface area (Å²) < 4.78 is 0. The van der Waals surface area contributed by atoms with Gasteiger partial charge in [-0.15, -0.1) is 0 Å². The Balaban J connectivity index is 1.92. The Morgan fingerprint density at radius 3 is 2.41 bits per heavy atom. The number of aliphatic hydroxyl groups is 3. The summed E-state index contributed by atoms with van der Waals surface area (Å²) in [6.07, 6.45) is 2.27. The number of aromatic hydroxyl groups is 1. The smallest absolute Gasteiger partial charge is 0.255 e. The van der Waals surface area contributed by atoms with E-state index in [0.717, 1.165) is 25.1 Å². The molecular formula is C28H38N4O7. The molecule has 1 aromatic carbocycles. The van der Waals surface area contributed by atoms with Crippen LogP contribution in [0, 0.1) is 11.8 Å². The van der Waals surface area contributed by atoms with Gasteiger partial charge in [0.05, 0.1) is 11.6 Å². The zero-order valence-corrected chi connectivity index (χ0v) is 23.0. The first-order chi connectivity index (χ1) is 18.3. The molecule has 3 aliphatic carbocycles. The summed E-state index contributed by atoms with van der Waals surface area (Å²) in [6.45, 7) is 3.15. The molecule has 0 aromatic heterocycles. The fourth-order valence-corrected chi connectivity index (χ4v) is 6.40. The summed E-state index contributed by atoms with van der Waals surface area (Å²) in [7, 11) is 6.84. The molecule has 0 spiro atoms. The zero-order chi connectivity index (χ0) is 29.0. The normalized spacial score (nSPS) is 26.5. The van der Waals surface area contributed by atoms with Crippen LogP contribution in [0.3, 0.4) is 0 Å². The first-order valence-corrected chi connectivity index (χ1v) is 13.2. The van der Waals surface area contributed by atoms with E-state index in [2.05, 4.69) is 12.2 Å². The summed E-state index contributed by atoms with van der Waals surface area (Å²) >= 11 is 0. The second-order valence-corrected chi connectivity index (χ2v) is 11.1. The molecular weight excluding hydrogens is 504 g/mol. The maximum absolute atomic E-state index is 14.0. The molecule has 1 saturated carbocycles. The second kappa shape index (κ2) is 10.3. The number of rotatable bonds is 8. The van der Waals surface area contributed by atoms with Gasteiger partial charge >= 0.3 is 0 Å². The number of phenols is 1. The summed E-state index contributed by atoms with van der Waals surface area (Å²) in [5, 5.41) is 48.8. The lowest BCUT2D eigenvalue weighted by Gasteiger charge is -2.50. The van der Waals surface area contributed by atoms with Crippen LogP contribution in [0.4, 0.5) is 5.69 Å². The minimum Gasteiger partial charge on any atom is -0.508 e. The molecule has 212 valence electrons. The van der Waals surface area contributed by atoms with Crippen LogP contribution < -0.4 is 16.0 Å². The van der Waals surface area contributed by atoms with Gasteiger partial charge in [0.1, 0.15) is 22.8 Å². The van der Waals surface area contributed by atoms with Crippen molar-refractivity contribution in [2.45, 2.75) is 50.8 Å². The minimum atomic E-state index is -2.65. The largest absolute Gasteiger partial charge is 0.508 e. The highest BCUT2D eigenvalue weighted by molar-refractivity contribution is 6.24. The highest BCUT2D eigenvalue weighted by Gasteiger charge is 2.64. The van der Waals surface area contributed by atoms with E-state index in [1.165, 1.54) is 4.90 Å². The highest BCUT2D eigenvalue weighted by Crippen LogP contribution is 2.54. The molecule has 4 rings (SSSR count). The van der Waals surface area contributed by atoms with Crippen LogP contribution in [0.15, 0.2) is 23.0 Å². The highest BCUT2D eigenvalue weighted by atomic mass is 16.3. The van der Waals surface area contributed by atoms with Crippen LogP contribution in [0.1, 0.15) is 42.9 Å². The Morgan fingerprint density at radius 1 is 1.18 bits per heavy atom. The quantitative estimate of drug-likeness (QED) is 0.205. The zero-order valence-electron chi connectivity index (χ0n) is 23.0. The van der Waals surface area contributed by atoms with Crippen molar-refractivity contribution in [1.82, 2.24) is 10.2 Å². The molecule has 0 bridgehead atoms. The summed E-state index contributed by atoms with van der Waals surface area (Å²) in [6, 6.07) is 0.744. The Hall–Kier alpha value is -3.41. The number of anilines is 1. The van der Waals surface area contributed by atoms with Crippen LogP contribution in [-0.4, -0.2) is 89.2 Å². The van der Waals surface area contributed by atoms with Gasteiger partial charge in [0.15, 0.2) is 11.4 Å². The number of primary amides is 1. The van der Waals surface area contributed by atoms with Gasteiger partial charge in [-0.3, -0.25) is 19.3 Å². The Morgan fingerprint density at radius 2 is 1.85 bits per heavy atom. The maximum atomic E-state index is 14.0. The van der Waals surface area contributed by atoms with Crippen molar-refractivity contribution < 1.29 is 34.8 Å². The molecule has 1 amide bonds. The van der Waals surface area contributed by atoms with Gasteiger partial charge in [-0.25, -0.2) is 0 Å². The van der Waals surface area contributed by atoms with Crippen molar-refractivity contribution in [1.29, 1.82) is 0 Å². The molecule has 11 heteroatoms. The number of nitrogens with one attached hydrogen (secondary N) is 1. The van der Waals surface area contributed by atoms with Crippen molar-refractivity contribution in [3.05, 3.63) is 39.7 Å². The van der Waals surface area contributed by atoms with E-state index >= 15 is 0 Å². The monoisotopic (exact) mass is 542 g/mol. The summed E-state index contributed by atoms with van der Waals surface area (Å²) in [5.74, 6) is -6.51. The molecule has 39 heavy (non-hydrogen) atoms. The second-order valence-electron chi connectivity index (χ2n) is 11.1. The fourth-order valence-electron chi connectivity index (χ4n) is 6.40. The number of carbonyl (C=O) groups is 3. The number of benzene rings is 1. The van der Waals surface area contributed by atoms with E-state index < -0.39 is 58.0 Å². The van der Waals surface area contributed by atoms with Crippen molar-refractivity contribution in [2.75, 3.05) is 39.6 Å². The number of nitrogens with zero attached hydrogens (tertiary/aromatic N) is 2. The van der Waals surface area contributed by atoms with Gasteiger partial charge in [-0.2, -0.15) is 0 Å². The number of aliphatic hydroxyl groups excluding tert-OH is 2. The van der Waals surface area contributed by atoms with Crippen molar-refractivity contribution >= 4 is 28.9 Å². The number of likely N-dealkylation sites (N-methyl/N-ethyl adjacent to an activating group) is 1. The molecule has 0 saturated heterocycles. The first kappa shape index (κ1) is 28.6. The maximum Gasteiger partial charge on any atom is 0.255 e. The van der Waals surface area contributed by atoms with E-state index in [9.17, 15) is 34.8 Å². The molecule has 3 aliphatic rings. The van der Waals surface area contributed by atoms with Gasteiger partial charge in [-0.05, 0) is 57.5 Å². The molecule has 1 aromatic rings. The minimum absolute atomic E-state index is 0.0553. The van der Waals surface area contributed by atoms with Crippen LogP contribution in [0.5, 0.6) is 5.75 Å². The topological polar surface area (TPSA) is 177 Å². The predicted octanol–water partition coefficient (Wildman–Crippen LogP) is 0.920. The lowest BCUT2D eigenvalue weighted by atomic mass is 9.57. The molecule has 1 fully saturated rings. The molecule has 0 unspecified atom stereocenters. The number of Topliss-reactive ketones (excluding diaryl/α,β-unsaturated/α-hetero) is 2. The van der Waals surface area contributed by atoms with Crippen molar-refractivity contribution in [3.63, 3.8) is 0 Å². The van der Waals surface area contributed by atoms with Gasteiger partial charge in [0, 0.05) is 43.4 Å². The Kier molecular flexibility index (Phi) is 7.54. The summed E-state index contributed by atoms with van der Waals surface area (Å²) in [4.78, 5) is 42.7. The van der Waals surface area contributed by atoms with E-state index in [1.54, 1.807) is 14.1 Å². The number of nitrogens with two attached hydrogens (primary N) is 1. The van der Waals surface area contributed by atoms with Crippen molar-refractivity contribution in [2.24, 2.45) is 17.6 Å². The van der Waals surface area contributed by atoms with Crippen LogP contribution in [-0.2, 0) is 27.3 Å². The van der Waals surface area contributed by atoms with Crippen LogP contribution >= 0.6 is 0 Å². The third-order valence-electron chi connectivity index (χ3n) is 8.28. The third kappa shape index (κ3) is 4.29. The fraction of sp³-hybridized carbons (Fsp3) is 0.536. The van der Waals surface area contributed by atoms with Crippen molar-refractivity contribution in [3.8, 4) is 5.75 Å². The van der Waals surface area contributed by atoms with Gasteiger partial charge < -0.3 is 36.4 Å². The number of fused-ring (bicyclic) bond motifs is 3.